The molecule has 1 aliphatic heterocycles. The fourth-order valence-corrected chi connectivity index (χ4v) is 4.79. The first-order chi connectivity index (χ1) is 14.3. The number of morpholine rings is 1. The number of amides is 1. The van der Waals surface area contributed by atoms with Crippen LogP contribution in [0.15, 0.2) is 47.5 Å². The quantitative estimate of drug-likeness (QED) is 0.730. The highest BCUT2D eigenvalue weighted by Gasteiger charge is 2.28. The highest BCUT2D eigenvalue weighted by molar-refractivity contribution is 7.89. The Hall–Kier alpha value is -2.49. The molecule has 2 N–H and O–H groups in total. The number of carbonyl (C=O) groups excluding carboxylic acids is 1. The molecular weight excluding hydrogens is 404 g/mol. The molecule has 2 atom stereocenters. The van der Waals surface area contributed by atoms with Gasteiger partial charge in [0, 0.05) is 24.7 Å². The lowest BCUT2D eigenvalue weighted by Gasteiger charge is -2.36. The van der Waals surface area contributed by atoms with Crippen LogP contribution in [0.5, 0.6) is 0 Å². The van der Waals surface area contributed by atoms with E-state index in [0.29, 0.717) is 11.3 Å². The van der Waals surface area contributed by atoms with Gasteiger partial charge in [-0.1, -0.05) is 0 Å². The van der Waals surface area contributed by atoms with Crippen LogP contribution in [0.4, 0.5) is 11.5 Å². The van der Waals surface area contributed by atoms with Gasteiger partial charge in [0.25, 0.3) is 5.91 Å². The summed E-state index contributed by atoms with van der Waals surface area (Å²) < 4.78 is 32.8. The predicted octanol–water partition coefficient (Wildman–Crippen LogP) is 2.39. The van der Waals surface area contributed by atoms with Crippen LogP contribution in [-0.4, -0.2) is 50.6 Å². The number of rotatable bonds is 6. The van der Waals surface area contributed by atoms with Crippen LogP contribution in [-0.2, 0) is 14.8 Å². The van der Waals surface area contributed by atoms with E-state index in [2.05, 4.69) is 19.9 Å². The topological polar surface area (TPSA) is 101 Å². The second-order valence-corrected chi connectivity index (χ2v) is 9.66. The number of pyridine rings is 1. The maximum absolute atomic E-state index is 12.5. The lowest BCUT2D eigenvalue weighted by atomic mass is 10.2. The van der Waals surface area contributed by atoms with E-state index in [1.807, 2.05) is 26.0 Å². The Kier molecular flexibility index (Phi) is 5.77. The number of aromatic nitrogens is 1. The third kappa shape index (κ3) is 4.97. The first kappa shape index (κ1) is 20.8. The Morgan fingerprint density at radius 1 is 1.07 bits per heavy atom. The molecule has 2 aromatic rings. The minimum absolute atomic E-state index is 0.0392. The zero-order valence-electron chi connectivity index (χ0n) is 17.0. The zero-order chi connectivity index (χ0) is 21.3. The van der Waals surface area contributed by atoms with E-state index in [1.165, 1.54) is 24.3 Å². The molecular formula is C21H26N4O4S. The van der Waals surface area contributed by atoms with E-state index in [9.17, 15) is 13.2 Å². The van der Waals surface area contributed by atoms with Crippen LogP contribution in [0.3, 0.4) is 0 Å². The van der Waals surface area contributed by atoms with Crippen LogP contribution in [0.25, 0.3) is 0 Å². The monoisotopic (exact) mass is 430 g/mol. The molecule has 0 bridgehead atoms. The maximum atomic E-state index is 12.5. The molecule has 0 spiro atoms. The summed E-state index contributed by atoms with van der Waals surface area (Å²) in [6, 6.07) is 9.63. The normalized spacial score (nSPS) is 22.0. The van der Waals surface area contributed by atoms with Crippen molar-refractivity contribution in [3.05, 3.63) is 48.2 Å². The molecule has 2 heterocycles. The van der Waals surface area contributed by atoms with Gasteiger partial charge in [-0.05, 0) is 63.1 Å². The summed E-state index contributed by atoms with van der Waals surface area (Å²) in [4.78, 5) is 19.3. The van der Waals surface area contributed by atoms with Crippen molar-refractivity contribution in [3.8, 4) is 0 Å². The Labute approximate surface area is 176 Å². The number of benzene rings is 1. The fraction of sp³-hybridized carbons (Fsp3) is 0.429. The van der Waals surface area contributed by atoms with Crippen LogP contribution in [0.1, 0.15) is 37.0 Å². The highest BCUT2D eigenvalue weighted by atomic mass is 32.2. The Bertz CT molecular complexity index is 994. The molecule has 8 nitrogen and oxygen atoms in total. The molecule has 4 rings (SSSR count). The third-order valence-electron chi connectivity index (χ3n) is 5.08. The molecule has 1 aromatic heterocycles. The van der Waals surface area contributed by atoms with Gasteiger partial charge in [0.15, 0.2) is 0 Å². The average molecular weight is 431 g/mol. The first-order valence-electron chi connectivity index (χ1n) is 10.1. The van der Waals surface area contributed by atoms with Crippen molar-refractivity contribution in [1.82, 2.24) is 9.71 Å². The van der Waals surface area contributed by atoms with Crippen molar-refractivity contribution >= 4 is 27.4 Å². The summed E-state index contributed by atoms with van der Waals surface area (Å²) in [7, 11) is -3.53. The lowest BCUT2D eigenvalue weighted by molar-refractivity contribution is -0.00545. The van der Waals surface area contributed by atoms with Crippen molar-refractivity contribution in [3.63, 3.8) is 0 Å². The van der Waals surface area contributed by atoms with E-state index < -0.39 is 10.0 Å². The largest absolute Gasteiger partial charge is 0.372 e. The average Bonchev–Trinajstić information content (AvgIpc) is 3.51. The number of sulfonamides is 1. The summed E-state index contributed by atoms with van der Waals surface area (Å²) in [6.45, 7) is 5.62. The smallest absolute Gasteiger partial charge is 0.255 e. The van der Waals surface area contributed by atoms with Gasteiger partial charge in [0.1, 0.15) is 5.82 Å². The summed E-state index contributed by atoms with van der Waals surface area (Å²) in [5.41, 5.74) is 0.950. The van der Waals surface area contributed by atoms with E-state index >= 15 is 0 Å². The third-order valence-corrected chi connectivity index (χ3v) is 6.61. The van der Waals surface area contributed by atoms with Crippen molar-refractivity contribution in [1.29, 1.82) is 0 Å². The Morgan fingerprint density at radius 2 is 1.73 bits per heavy atom. The van der Waals surface area contributed by atoms with Gasteiger partial charge in [0.05, 0.1) is 29.0 Å². The van der Waals surface area contributed by atoms with Crippen molar-refractivity contribution in [2.45, 2.75) is 49.8 Å². The first-order valence-corrected chi connectivity index (χ1v) is 11.6. The molecule has 1 aromatic carbocycles. The van der Waals surface area contributed by atoms with Gasteiger partial charge >= 0.3 is 0 Å². The molecule has 160 valence electrons. The number of hydrogen-bond acceptors (Lipinski definition) is 6. The van der Waals surface area contributed by atoms with Gasteiger partial charge in [-0.15, -0.1) is 0 Å². The summed E-state index contributed by atoms with van der Waals surface area (Å²) in [5, 5.41) is 2.80. The maximum Gasteiger partial charge on any atom is 0.255 e. The van der Waals surface area contributed by atoms with Gasteiger partial charge in [-0.2, -0.15) is 0 Å². The van der Waals surface area contributed by atoms with Gasteiger partial charge in [-0.3, -0.25) is 4.79 Å². The number of nitrogens with zero attached hydrogens (tertiary/aromatic N) is 2. The van der Waals surface area contributed by atoms with Crippen LogP contribution < -0.4 is 14.9 Å². The molecule has 1 saturated carbocycles. The van der Waals surface area contributed by atoms with E-state index in [-0.39, 0.29) is 29.1 Å². The molecule has 9 heteroatoms. The summed E-state index contributed by atoms with van der Waals surface area (Å²) in [6.07, 6.45) is 3.64. The SMILES string of the molecule is CC1CN(c2ccc(NC(=O)c3ccc(S(=O)(=O)NC4CC4)cc3)cn2)CC(C)O1. The van der Waals surface area contributed by atoms with Crippen molar-refractivity contribution in [2.75, 3.05) is 23.3 Å². The summed E-state index contributed by atoms with van der Waals surface area (Å²) in [5.74, 6) is 0.519. The molecule has 2 aliphatic rings. The lowest BCUT2D eigenvalue weighted by Crippen LogP contribution is -2.45. The van der Waals surface area contributed by atoms with Crippen LogP contribution in [0.2, 0.25) is 0 Å². The van der Waals surface area contributed by atoms with Gasteiger partial charge < -0.3 is 15.0 Å². The van der Waals surface area contributed by atoms with E-state index in [4.69, 9.17) is 4.74 Å². The van der Waals surface area contributed by atoms with Gasteiger partial charge in [0.2, 0.25) is 10.0 Å². The minimum atomic E-state index is -3.53. The number of nitrogens with one attached hydrogen (secondary N) is 2. The van der Waals surface area contributed by atoms with Crippen molar-refractivity contribution < 1.29 is 17.9 Å². The van der Waals surface area contributed by atoms with Crippen LogP contribution in [0, 0.1) is 0 Å². The number of hydrogen-bond donors (Lipinski definition) is 2. The minimum Gasteiger partial charge on any atom is -0.372 e. The Balaban J connectivity index is 1.39. The van der Waals surface area contributed by atoms with E-state index in [1.54, 1.807) is 6.20 Å². The number of anilines is 2. The van der Waals surface area contributed by atoms with Crippen molar-refractivity contribution in [2.24, 2.45) is 0 Å². The molecule has 30 heavy (non-hydrogen) atoms. The van der Waals surface area contributed by atoms with Crippen LogP contribution >= 0.6 is 0 Å². The molecule has 2 fully saturated rings. The second kappa shape index (κ2) is 8.33. The Morgan fingerprint density at radius 3 is 2.30 bits per heavy atom. The molecule has 0 radical (unpaired) electrons. The zero-order valence-corrected chi connectivity index (χ0v) is 17.9. The highest BCUT2D eigenvalue weighted by Crippen LogP contribution is 2.23. The standard InChI is InChI=1S/C21H26N4O4S/c1-14-12-25(13-15(2)29-14)20-10-7-18(11-22-20)23-21(26)16-3-8-19(9-4-16)30(27,28)24-17-5-6-17/h3-4,7-11,14-15,17,24H,5-6,12-13H2,1-2H3,(H,23,26). The van der Waals surface area contributed by atoms with Gasteiger partial charge in [-0.25, -0.2) is 18.1 Å². The predicted molar refractivity (Wildman–Crippen MR) is 114 cm³/mol. The number of ether oxygens (including phenoxy) is 1. The molecule has 1 aliphatic carbocycles. The fourth-order valence-electron chi connectivity index (χ4n) is 3.49. The summed E-state index contributed by atoms with van der Waals surface area (Å²) >= 11 is 0. The number of carbonyl (C=O) groups is 1. The molecule has 1 saturated heterocycles. The molecule has 1 amide bonds. The second-order valence-electron chi connectivity index (χ2n) is 7.94. The van der Waals surface area contributed by atoms with E-state index in [0.717, 1.165) is 31.7 Å². The molecule has 2 unspecified atom stereocenters.